The first-order valence-electron chi connectivity index (χ1n) is 29.6. The van der Waals surface area contributed by atoms with Gasteiger partial charge in [-0.2, -0.15) is 0 Å². The molecular weight excluding hydrogens is 815 g/mol. The van der Waals surface area contributed by atoms with Gasteiger partial charge < -0.3 is 20.3 Å². The SMILES string of the molecule is CCCCCCCC/C=C\CCCCCCCCCCCC(=O)OCCCCCCCCCCCCCCC(=O)NC(CO)C(O)/C=C/CCCCCCCCCCCCCCCCCC. The summed E-state index contributed by atoms with van der Waals surface area (Å²) in [5.74, 6) is -0.0920. The van der Waals surface area contributed by atoms with E-state index in [0.717, 1.165) is 57.8 Å². The van der Waals surface area contributed by atoms with E-state index in [1.807, 2.05) is 6.08 Å². The molecule has 0 fully saturated rings. The summed E-state index contributed by atoms with van der Waals surface area (Å²) in [6.45, 7) is 4.88. The number of aliphatic hydroxyl groups excluding tert-OH is 2. The van der Waals surface area contributed by atoms with Gasteiger partial charge in [0, 0.05) is 12.8 Å². The predicted octanol–water partition coefficient (Wildman–Crippen LogP) is 18.2. The van der Waals surface area contributed by atoms with Crippen LogP contribution in [0.3, 0.4) is 0 Å². The monoisotopic (exact) mass is 930 g/mol. The van der Waals surface area contributed by atoms with Crippen molar-refractivity contribution in [3.05, 3.63) is 24.3 Å². The number of aliphatic hydroxyl groups is 2. The number of nitrogens with one attached hydrogen (secondary N) is 1. The van der Waals surface area contributed by atoms with Crippen molar-refractivity contribution in [1.82, 2.24) is 5.32 Å². The van der Waals surface area contributed by atoms with Gasteiger partial charge in [0.15, 0.2) is 0 Å². The van der Waals surface area contributed by atoms with E-state index >= 15 is 0 Å². The first-order valence-corrected chi connectivity index (χ1v) is 29.6. The smallest absolute Gasteiger partial charge is 0.305 e. The average Bonchev–Trinajstić information content (AvgIpc) is 3.32. The Kier molecular flexibility index (Phi) is 54.5. The Labute approximate surface area is 411 Å². The molecule has 0 aliphatic carbocycles. The second-order valence-electron chi connectivity index (χ2n) is 20.3. The van der Waals surface area contributed by atoms with Crippen LogP contribution in [-0.4, -0.2) is 47.4 Å². The molecule has 66 heavy (non-hydrogen) atoms. The van der Waals surface area contributed by atoms with Gasteiger partial charge >= 0.3 is 5.97 Å². The van der Waals surface area contributed by atoms with Crippen molar-refractivity contribution in [2.24, 2.45) is 0 Å². The van der Waals surface area contributed by atoms with Crippen LogP contribution < -0.4 is 5.32 Å². The van der Waals surface area contributed by atoms with Crippen LogP contribution in [0.1, 0.15) is 322 Å². The third-order valence-electron chi connectivity index (χ3n) is 13.7. The van der Waals surface area contributed by atoms with E-state index in [9.17, 15) is 19.8 Å². The van der Waals surface area contributed by atoms with Crippen molar-refractivity contribution in [3.8, 4) is 0 Å². The van der Waals surface area contributed by atoms with Gasteiger partial charge in [0.05, 0.1) is 25.4 Å². The van der Waals surface area contributed by atoms with Crippen molar-refractivity contribution in [2.45, 2.75) is 334 Å². The van der Waals surface area contributed by atoms with Gasteiger partial charge in [-0.15, -0.1) is 0 Å². The number of unbranched alkanes of at least 4 members (excludes halogenated alkanes) is 42. The second-order valence-corrected chi connectivity index (χ2v) is 20.3. The summed E-state index contributed by atoms with van der Waals surface area (Å²) >= 11 is 0. The molecule has 0 heterocycles. The van der Waals surface area contributed by atoms with E-state index in [4.69, 9.17) is 4.74 Å². The van der Waals surface area contributed by atoms with Crippen molar-refractivity contribution in [1.29, 1.82) is 0 Å². The highest BCUT2D eigenvalue weighted by molar-refractivity contribution is 5.76. The van der Waals surface area contributed by atoms with Crippen LogP contribution in [0.25, 0.3) is 0 Å². The van der Waals surface area contributed by atoms with Crippen LogP contribution in [0.2, 0.25) is 0 Å². The lowest BCUT2D eigenvalue weighted by atomic mass is 10.0. The Morgan fingerprint density at radius 3 is 1.08 bits per heavy atom. The molecular formula is C60H115NO5. The second kappa shape index (κ2) is 55.9. The number of allylic oxidation sites excluding steroid dienone is 3. The quantitative estimate of drug-likeness (QED) is 0.0321. The maximum atomic E-state index is 12.5. The predicted molar refractivity (Wildman–Crippen MR) is 287 cm³/mol. The van der Waals surface area contributed by atoms with E-state index in [1.165, 1.54) is 238 Å². The number of carbonyl (C=O) groups is 2. The molecule has 0 aromatic carbocycles. The topological polar surface area (TPSA) is 95.9 Å². The number of amides is 1. The highest BCUT2D eigenvalue weighted by atomic mass is 16.5. The first-order chi connectivity index (χ1) is 32.5. The van der Waals surface area contributed by atoms with E-state index in [-0.39, 0.29) is 18.5 Å². The minimum absolute atomic E-state index is 0.0107. The molecule has 0 saturated heterocycles. The van der Waals surface area contributed by atoms with Crippen LogP contribution in [-0.2, 0) is 14.3 Å². The van der Waals surface area contributed by atoms with Gasteiger partial charge in [-0.05, 0) is 57.8 Å². The zero-order valence-corrected chi connectivity index (χ0v) is 44.4. The summed E-state index contributed by atoms with van der Waals surface area (Å²) in [6, 6.07) is -0.640. The normalized spacial score (nSPS) is 12.7. The van der Waals surface area contributed by atoms with E-state index < -0.39 is 12.1 Å². The lowest BCUT2D eigenvalue weighted by Crippen LogP contribution is -2.45. The maximum Gasteiger partial charge on any atom is 0.305 e. The van der Waals surface area contributed by atoms with Gasteiger partial charge in [-0.3, -0.25) is 9.59 Å². The highest BCUT2D eigenvalue weighted by Crippen LogP contribution is 2.17. The summed E-state index contributed by atoms with van der Waals surface area (Å²) in [6.07, 6.45) is 67.7. The molecule has 6 nitrogen and oxygen atoms in total. The van der Waals surface area contributed by atoms with Gasteiger partial charge in [0.25, 0.3) is 0 Å². The first kappa shape index (κ1) is 64.3. The van der Waals surface area contributed by atoms with Gasteiger partial charge in [0.2, 0.25) is 5.91 Å². The molecule has 0 spiro atoms. The molecule has 0 rings (SSSR count). The number of ether oxygens (including phenoxy) is 1. The largest absolute Gasteiger partial charge is 0.466 e. The van der Waals surface area contributed by atoms with Crippen LogP contribution in [0.5, 0.6) is 0 Å². The number of hydrogen-bond acceptors (Lipinski definition) is 5. The molecule has 6 heteroatoms. The van der Waals surface area contributed by atoms with E-state index in [1.54, 1.807) is 6.08 Å². The summed E-state index contributed by atoms with van der Waals surface area (Å²) in [5, 5.41) is 23.1. The molecule has 2 unspecified atom stereocenters. The fourth-order valence-electron chi connectivity index (χ4n) is 9.16. The Hall–Kier alpha value is -1.66. The van der Waals surface area contributed by atoms with Gasteiger partial charge in [-0.1, -0.05) is 276 Å². The Morgan fingerprint density at radius 2 is 0.712 bits per heavy atom. The molecule has 3 N–H and O–H groups in total. The van der Waals surface area contributed by atoms with Crippen molar-refractivity contribution in [2.75, 3.05) is 13.2 Å². The van der Waals surface area contributed by atoms with Crippen LogP contribution in [0.15, 0.2) is 24.3 Å². The van der Waals surface area contributed by atoms with Crippen molar-refractivity contribution < 1.29 is 24.5 Å². The molecule has 390 valence electrons. The lowest BCUT2D eigenvalue weighted by Gasteiger charge is -2.20. The van der Waals surface area contributed by atoms with Crippen LogP contribution >= 0.6 is 0 Å². The maximum absolute atomic E-state index is 12.5. The average molecular weight is 931 g/mol. The Bertz CT molecular complexity index is 1030. The Balaban J connectivity index is 3.47. The summed E-state index contributed by atoms with van der Waals surface area (Å²) in [4.78, 5) is 24.6. The fourth-order valence-corrected chi connectivity index (χ4v) is 9.16. The minimum Gasteiger partial charge on any atom is -0.466 e. The molecule has 0 aromatic heterocycles. The third-order valence-corrected chi connectivity index (χ3v) is 13.7. The number of hydrogen-bond donors (Lipinski definition) is 3. The Morgan fingerprint density at radius 1 is 0.409 bits per heavy atom. The number of esters is 1. The molecule has 0 aliphatic rings. The summed E-state index contributed by atoms with van der Waals surface area (Å²) in [5.41, 5.74) is 0. The minimum atomic E-state index is -0.855. The molecule has 0 bridgehead atoms. The molecule has 0 radical (unpaired) electrons. The molecule has 2 atom stereocenters. The van der Waals surface area contributed by atoms with E-state index in [2.05, 4.69) is 31.3 Å². The van der Waals surface area contributed by atoms with Gasteiger partial charge in [0.1, 0.15) is 0 Å². The van der Waals surface area contributed by atoms with E-state index in [0.29, 0.717) is 19.4 Å². The lowest BCUT2D eigenvalue weighted by molar-refractivity contribution is -0.143. The molecule has 0 saturated carbocycles. The molecule has 0 aromatic rings. The standard InChI is InChI=1S/C60H115NO5/c1-3-5-7-9-11-13-15-17-19-21-23-25-27-29-34-38-42-46-50-54-60(65)66-55-51-47-43-39-35-31-30-33-37-41-45-49-53-59(64)61-57(56-62)58(63)52-48-44-40-36-32-28-26-24-22-20-18-16-14-12-10-8-6-4-2/h17,19,48,52,57-58,62-63H,3-16,18,20-47,49-51,53-56H2,1-2H3,(H,61,64)/b19-17-,52-48+. The fraction of sp³-hybridized carbons (Fsp3) is 0.900. The highest BCUT2D eigenvalue weighted by Gasteiger charge is 2.18. The van der Waals surface area contributed by atoms with Gasteiger partial charge in [-0.25, -0.2) is 0 Å². The zero-order valence-electron chi connectivity index (χ0n) is 44.4. The van der Waals surface area contributed by atoms with Crippen LogP contribution in [0.4, 0.5) is 0 Å². The molecule has 1 amide bonds. The number of carbonyl (C=O) groups excluding carboxylic acids is 2. The zero-order chi connectivity index (χ0) is 47.9. The van der Waals surface area contributed by atoms with Crippen molar-refractivity contribution in [3.63, 3.8) is 0 Å². The summed E-state index contributed by atoms with van der Waals surface area (Å²) in [7, 11) is 0. The number of rotatable bonds is 55. The van der Waals surface area contributed by atoms with Crippen LogP contribution in [0, 0.1) is 0 Å². The summed E-state index contributed by atoms with van der Waals surface area (Å²) < 4.78 is 5.48. The molecule has 0 aliphatic heterocycles. The third kappa shape index (κ3) is 51.7. The van der Waals surface area contributed by atoms with Crippen molar-refractivity contribution >= 4 is 11.9 Å².